The van der Waals surface area contributed by atoms with Crippen molar-refractivity contribution in [1.82, 2.24) is 10.1 Å². The maximum atomic E-state index is 11.4. The van der Waals surface area contributed by atoms with Gasteiger partial charge in [-0.1, -0.05) is 5.16 Å². The van der Waals surface area contributed by atoms with Crippen LogP contribution in [0.15, 0.2) is 10.8 Å². The summed E-state index contributed by atoms with van der Waals surface area (Å²) in [7, 11) is 1.76. The quantitative estimate of drug-likeness (QED) is 0.695. The lowest BCUT2D eigenvalue weighted by Crippen LogP contribution is -2.30. The Morgan fingerprint density at radius 1 is 1.71 bits per heavy atom. The average molecular weight is 195 g/mol. The van der Waals surface area contributed by atoms with Crippen LogP contribution in [0.3, 0.4) is 0 Å². The van der Waals surface area contributed by atoms with E-state index in [1.807, 2.05) is 6.92 Å². The Balaban J connectivity index is 2.35. The Morgan fingerprint density at radius 3 is 2.86 bits per heavy atom. The number of rotatable bonds is 1. The number of likely N-dealkylation sites (tertiary alicyclic amines) is 1. The number of aromatic nitrogens is 1. The predicted octanol–water partition coefficient (Wildman–Crippen LogP) is 0.214. The SMILES string of the molecule is Cc1nocc1[C@@H]1[C@@H](N)CC(=O)N1C. The minimum Gasteiger partial charge on any atom is -0.364 e. The average Bonchev–Trinajstić information content (AvgIpc) is 2.60. The molecule has 1 amide bonds. The first-order chi connectivity index (χ1) is 6.61. The van der Waals surface area contributed by atoms with E-state index in [-0.39, 0.29) is 18.0 Å². The van der Waals surface area contributed by atoms with Gasteiger partial charge in [0, 0.05) is 25.1 Å². The summed E-state index contributed by atoms with van der Waals surface area (Å²) in [6.45, 7) is 1.85. The Morgan fingerprint density at radius 2 is 2.43 bits per heavy atom. The van der Waals surface area contributed by atoms with Crippen LogP contribution in [0.2, 0.25) is 0 Å². The van der Waals surface area contributed by atoms with Gasteiger partial charge < -0.3 is 15.2 Å². The van der Waals surface area contributed by atoms with Crippen LogP contribution in [-0.2, 0) is 4.79 Å². The van der Waals surface area contributed by atoms with Crippen LogP contribution in [0, 0.1) is 6.92 Å². The summed E-state index contributed by atoms with van der Waals surface area (Å²) in [5, 5.41) is 3.79. The maximum absolute atomic E-state index is 11.4. The van der Waals surface area contributed by atoms with E-state index >= 15 is 0 Å². The molecule has 1 fully saturated rings. The number of carbonyl (C=O) groups is 1. The lowest BCUT2D eigenvalue weighted by molar-refractivity contribution is -0.127. The maximum Gasteiger partial charge on any atom is 0.224 e. The molecule has 0 saturated carbocycles. The Labute approximate surface area is 81.8 Å². The fraction of sp³-hybridized carbons (Fsp3) is 0.556. The van der Waals surface area contributed by atoms with E-state index in [9.17, 15) is 4.79 Å². The van der Waals surface area contributed by atoms with E-state index < -0.39 is 0 Å². The van der Waals surface area contributed by atoms with E-state index in [0.29, 0.717) is 6.42 Å². The van der Waals surface area contributed by atoms with Gasteiger partial charge in [0.05, 0.1) is 11.7 Å². The first-order valence-electron chi connectivity index (χ1n) is 4.53. The normalized spacial score (nSPS) is 27.4. The summed E-state index contributed by atoms with van der Waals surface area (Å²) in [6.07, 6.45) is 1.96. The number of likely N-dealkylation sites (N-methyl/N-ethyl adjacent to an activating group) is 1. The van der Waals surface area contributed by atoms with Crippen LogP contribution >= 0.6 is 0 Å². The van der Waals surface area contributed by atoms with Crippen LogP contribution < -0.4 is 5.73 Å². The number of nitrogens with zero attached hydrogens (tertiary/aromatic N) is 2. The van der Waals surface area contributed by atoms with Crippen LogP contribution in [0.1, 0.15) is 23.7 Å². The van der Waals surface area contributed by atoms with Gasteiger partial charge in [0.25, 0.3) is 0 Å². The number of carbonyl (C=O) groups excluding carboxylic acids is 1. The Hall–Kier alpha value is -1.36. The van der Waals surface area contributed by atoms with Gasteiger partial charge in [0.15, 0.2) is 0 Å². The fourth-order valence-electron chi connectivity index (χ4n) is 1.92. The van der Waals surface area contributed by atoms with Crippen LogP contribution in [0.4, 0.5) is 0 Å². The Bertz CT molecular complexity index is 361. The van der Waals surface area contributed by atoms with E-state index in [4.69, 9.17) is 10.3 Å². The second kappa shape index (κ2) is 3.09. The molecule has 2 heterocycles. The molecule has 14 heavy (non-hydrogen) atoms. The number of hydrogen-bond acceptors (Lipinski definition) is 4. The summed E-state index contributed by atoms with van der Waals surface area (Å²) in [4.78, 5) is 13.1. The fourth-order valence-corrected chi connectivity index (χ4v) is 1.92. The third kappa shape index (κ3) is 1.21. The van der Waals surface area contributed by atoms with E-state index in [1.165, 1.54) is 0 Å². The number of nitrogens with two attached hydrogens (primary N) is 1. The molecular formula is C9H13N3O2. The molecule has 5 heteroatoms. The number of amides is 1. The highest BCUT2D eigenvalue weighted by molar-refractivity contribution is 5.80. The molecule has 0 bridgehead atoms. The lowest BCUT2D eigenvalue weighted by atomic mass is 10.0. The zero-order valence-electron chi connectivity index (χ0n) is 8.23. The highest BCUT2D eigenvalue weighted by atomic mass is 16.5. The summed E-state index contributed by atoms with van der Waals surface area (Å²) in [5.41, 5.74) is 7.59. The standard InChI is InChI=1S/C9H13N3O2/c1-5-6(4-14-11-5)9-7(10)3-8(13)12(9)2/h4,7,9H,3,10H2,1-2H3/t7-,9+/m0/s1. The van der Waals surface area contributed by atoms with Crippen molar-refractivity contribution in [2.24, 2.45) is 5.73 Å². The molecule has 0 aliphatic carbocycles. The molecule has 1 aliphatic rings. The van der Waals surface area contributed by atoms with Gasteiger partial charge in [0.2, 0.25) is 5.91 Å². The minimum absolute atomic E-state index is 0.0723. The summed E-state index contributed by atoms with van der Waals surface area (Å²) in [5.74, 6) is 0.0723. The van der Waals surface area contributed by atoms with Gasteiger partial charge in [-0.3, -0.25) is 4.79 Å². The lowest BCUT2D eigenvalue weighted by Gasteiger charge is -2.21. The molecule has 1 aliphatic heterocycles. The van der Waals surface area contributed by atoms with Gasteiger partial charge in [-0.2, -0.15) is 0 Å². The second-order valence-electron chi connectivity index (χ2n) is 3.67. The third-order valence-corrected chi connectivity index (χ3v) is 2.73. The largest absolute Gasteiger partial charge is 0.364 e. The topological polar surface area (TPSA) is 72.4 Å². The van der Waals surface area contributed by atoms with E-state index in [2.05, 4.69) is 5.16 Å². The molecule has 0 aromatic carbocycles. The third-order valence-electron chi connectivity index (χ3n) is 2.73. The molecular weight excluding hydrogens is 182 g/mol. The van der Waals surface area contributed by atoms with Gasteiger partial charge >= 0.3 is 0 Å². The van der Waals surface area contributed by atoms with Crippen molar-refractivity contribution in [3.63, 3.8) is 0 Å². The number of aryl methyl sites for hydroxylation is 1. The van der Waals surface area contributed by atoms with Gasteiger partial charge in [-0.15, -0.1) is 0 Å². The summed E-state index contributed by atoms with van der Waals surface area (Å²) < 4.78 is 4.85. The smallest absolute Gasteiger partial charge is 0.224 e. The minimum atomic E-state index is -0.161. The molecule has 5 nitrogen and oxygen atoms in total. The molecule has 2 atom stereocenters. The van der Waals surface area contributed by atoms with Crippen molar-refractivity contribution < 1.29 is 9.32 Å². The molecule has 0 spiro atoms. The van der Waals surface area contributed by atoms with Crippen molar-refractivity contribution in [2.45, 2.75) is 25.4 Å². The highest BCUT2D eigenvalue weighted by Gasteiger charge is 2.37. The van der Waals surface area contributed by atoms with E-state index in [0.717, 1.165) is 11.3 Å². The Kier molecular flexibility index (Phi) is 2.03. The molecule has 0 unspecified atom stereocenters. The van der Waals surface area contributed by atoms with Crippen LogP contribution in [0.5, 0.6) is 0 Å². The van der Waals surface area contributed by atoms with E-state index in [1.54, 1.807) is 18.2 Å². The molecule has 1 aromatic heterocycles. The second-order valence-corrected chi connectivity index (χ2v) is 3.67. The van der Waals surface area contributed by atoms with Crippen LogP contribution in [-0.4, -0.2) is 29.1 Å². The van der Waals surface area contributed by atoms with Crippen LogP contribution in [0.25, 0.3) is 0 Å². The first-order valence-corrected chi connectivity index (χ1v) is 4.53. The van der Waals surface area contributed by atoms with Gasteiger partial charge in [-0.25, -0.2) is 0 Å². The summed E-state index contributed by atoms with van der Waals surface area (Å²) in [6, 6.07) is -0.251. The van der Waals surface area contributed by atoms with Crippen molar-refractivity contribution in [3.05, 3.63) is 17.5 Å². The molecule has 76 valence electrons. The molecule has 2 rings (SSSR count). The van der Waals surface area contributed by atoms with Crippen molar-refractivity contribution in [3.8, 4) is 0 Å². The molecule has 1 saturated heterocycles. The van der Waals surface area contributed by atoms with Gasteiger partial charge in [-0.05, 0) is 6.92 Å². The van der Waals surface area contributed by atoms with Crippen molar-refractivity contribution in [1.29, 1.82) is 0 Å². The monoisotopic (exact) mass is 195 g/mol. The molecule has 0 radical (unpaired) electrons. The predicted molar refractivity (Wildman–Crippen MR) is 49.3 cm³/mol. The zero-order chi connectivity index (χ0) is 10.3. The van der Waals surface area contributed by atoms with Crippen molar-refractivity contribution >= 4 is 5.91 Å². The molecule has 1 aromatic rings. The molecule has 2 N–H and O–H groups in total. The number of hydrogen-bond donors (Lipinski definition) is 1. The highest BCUT2D eigenvalue weighted by Crippen LogP contribution is 2.31. The summed E-state index contributed by atoms with van der Waals surface area (Å²) >= 11 is 0. The van der Waals surface area contributed by atoms with Gasteiger partial charge in [0.1, 0.15) is 6.26 Å². The zero-order valence-corrected chi connectivity index (χ0v) is 8.23. The first kappa shape index (κ1) is 9.21. The van der Waals surface area contributed by atoms with Crippen molar-refractivity contribution in [2.75, 3.05) is 7.05 Å².